The van der Waals surface area contributed by atoms with Crippen LogP contribution in [0.15, 0.2) is 12.2 Å². The van der Waals surface area contributed by atoms with E-state index in [0.717, 1.165) is 0 Å². The van der Waals surface area contributed by atoms with Gasteiger partial charge in [0.25, 0.3) is 0 Å². The van der Waals surface area contributed by atoms with E-state index in [1.807, 2.05) is 0 Å². The molecule has 0 aromatic rings. The van der Waals surface area contributed by atoms with Crippen molar-refractivity contribution in [3.05, 3.63) is 12.2 Å². The molecule has 0 spiro atoms. The number of ketones is 1. The first-order chi connectivity index (χ1) is 3.29. The number of carbonyl (C=O) groups is 1. The Kier molecular flexibility index (Phi) is 4.15. The van der Waals surface area contributed by atoms with Crippen molar-refractivity contribution in [2.24, 2.45) is 0 Å². The molecule has 0 saturated heterocycles. The predicted octanol–water partition coefficient (Wildman–Crippen LogP) is -0.124. The van der Waals surface area contributed by atoms with Crippen molar-refractivity contribution in [2.45, 2.75) is 12.5 Å². The van der Waals surface area contributed by atoms with Gasteiger partial charge >= 0.3 is 0 Å². The summed E-state index contributed by atoms with van der Waals surface area (Å²) in [6.45, 7) is 0. The van der Waals surface area contributed by atoms with Gasteiger partial charge in [0.1, 0.15) is 0 Å². The number of aliphatic hydroxyl groups is 1. The van der Waals surface area contributed by atoms with Crippen molar-refractivity contribution in [1.29, 1.82) is 0 Å². The van der Waals surface area contributed by atoms with E-state index in [0.29, 0.717) is 0 Å². The van der Waals surface area contributed by atoms with Gasteiger partial charge in [0.15, 0.2) is 5.78 Å². The van der Waals surface area contributed by atoms with Crippen LogP contribution < -0.4 is 0 Å². The van der Waals surface area contributed by atoms with E-state index in [1.54, 1.807) is 0 Å². The Balaban J connectivity index is 0.000000490. The average molecular weight is 325 g/mol. The van der Waals surface area contributed by atoms with E-state index < -0.39 is 6.10 Å². The third-order valence-corrected chi connectivity index (χ3v) is 0.915. The molecule has 0 aromatic heterocycles. The zero-order chi connectivity index (χ0) is 5.28. The Labute approximate surface area is 83.5 Å². The molecule has 2 nitrogen and oxygen atoms in total. The number of allylic oxidation sites excluding steroid dienone is 1. The van der Waals surface area contributed by atoms with Gasteiger partial charge in [-0.2, -0.15) is 0 Å². The molecule has 0 unspecified atom stereocenters. The predicted molar refractivity (Wildman–Crippen MR) is 24.8 cm³/mol. The van der Waals surface area contributed by atoms with Crippen molar-refractivity contribution in [1.82, 2.24) is 0 Å². The normalized spacial score (nSPS) is 25.6. The molecule has 0 heterocycles. The zero-order valence-corrected chi connectivity index (χ0v) is 9.12. The Bertz CT molecular complexity index is 120. The first kappa shape index (κ1) is 8.81. The molecule has 0 aromatic carbocycles. The van der Waals surface area contributed by atoms with Crippen molar-refractivity contribution >= 4 is 5.78 Å². The fraction of sp³-hybridized carbons (Fsp3) is 0.400. The Morgan fingerprint density at radius 3 is 2.50 bits per heavy atom. The first-order valence-electron chi connectivity index (χ1n) is 2.18. The molecule has 8 heavy (non-hydrogen) atoms. The van der Waals surface area contributed by atoms with Gasteiger partial charge in [0.05, 0.1) is 6.10 Å². The minimum absolute atomic E-state index is 0. The van der Waals surface area contributed by atoms with Crippen LogP contribution in [0.3, 0.4) is 0 Å². The van der Waals surface area contributed by atoms with Gasteiger partial charge in [-0.15, -0.1) is 0 Å². The topological polar surface area (TPSA) is 37.3 Å². The van der Waals surface area contributed by atoms with Gasteiger partial charge in [-0.05, 0) is 6.08 Å². The van der Waals surface area contributed by atoms with Gasteiger partial charge in [-0.1, -0.05) is 6.08 Å². The molecule has 0 bridgehead atoms. The molecule has 3 heteroatoms. The number of aliphatic hydroxyl groups excluding tert-OH is 1. The summed E-state index contributed by atoms with van der Waals surface area (Å²) >= 11 is 0. The quantitative estimate of drug-likeness (QED) is 0.674. The molecular formula is C5H6AcO2. The molecule has 1 rings (SSSR count). The van der Waals surface area contributed by atoms with E-state index in [-0.39, 0.29) is 56.3 Å². The molecule has 0 aliphatic heterocycles. The third-order valence-electron chi connectivity index (χ3n) is 0.915. The van der Waals surface area contributed by atoms with Crippen LogP contribution in [0.2, 0.25) is 0 Å². The van der Waals surface area contributed by atoms with Crippen LogP contribution in [0.25, 0.3) is 0 Å². The summed E-state index contributed by atoms with van der Waals surface area (Å²) < 4.78 is 0. The van der Waals surface area contributed by atoms with Crippen LogP contribution in [0, 0.1) is 44.1 Å². The Morgan fingerprint density at radius 1 is 1.75 bits per heavy atom. The fourth-order valence-corrected chi connectivity index (χ4v) is 0.561. The average Bonchev–Trinajstić information content (AvgIpc) is 1.87. The molecule has 1 N–H and O–H groups in total. The smallest absolute Gasteiger partial charge is 0.158 e. The summed E-state index contributed by atoms with van der Waals surface area (Å²) in [5, 5.41) is 8.59. The van der Waals surface area contributed by atoms with Crippen molar-refractivity contribution in [3.63, 3.8) is 0 Å². The van der Waals surface area contributed by atoms with Crippen LogP contribution in [0.1, 0.15) is 6.42 Å². The van der Waals surface area contributed by atoms with E-state index in [9.17, 15) is 4.79 Å². The van der Waals surface area contributed by atoms with Crippen LogP contribution in [0.5, 0.6) is 0 Å². The molecule has 0 amide bonds. The van der Waals surface area contributed by atoms with Gasteiger partial charge < -0.3 is 5.11 Å². The molecular weight excluding hydrogens is 319 g/mol. The van der Waals surface area contributed by atoms with Crippen molar-refractivity contribution in [3.8, 4) is 0 Å². The van der Waals surface area contributed by atoms with Crippen LogP contribution in [-0.4, -0.2) is 17.0 Å². The Morgan fingerprint density at radius 2 is 2.38 bits per heavy atom. The summed E-state index contributed by atoms with van der Waals surface area (Å²) in [6, 6.07) is 0. The van der Waals surface area contributed by atoms with Gasteiger partial charge in [-0.25, -0.2) is 0 Å². The molecule has 1 aliphatic rings. The van der Waals surface area contributed by atoms with E-state index in [1.165, 1.54) is 12.2 Å². The zero-order valence-electron chi connectivity index (χ0n) is 4.37. The summed E-state index contributed by atoms with van der Waals surface area (Å²) in [6.07, 6.45) is 2.68. The third kappa shape index (κ3) is 2.39. The summed E-state index contributed by atoms with van der Waals surface area (Å²) in [5.74, 6) is 0.0208. The minimum Gasteiger partial charge on any atom is -0.389 e. The molecule has 0 fully saturated rings. The minimum atomic E-state index is -0.507. The Hall–Kier alpha value is 0.812. The monoisotopic (exact) mass is 325 g/mol. The second kappa shape index (κ2) is 3.76. The number of hydrogen-bond acceptors (Lipinski definition) is 2. The molecule has 1 radical (unpaired) electrons. The van der Waals surface area contributed by atoms with Crippen LogP contribution in [0.4, 0.5) is 0 Å². The standard InChI is InChI=1S/C5H6O2.Ac/c6-4-1-2-5(7)3-4;/h1-2,4,6H,3H2;/t4-;/m0./s1. The first-order valence-corrected chi connectivity index (χ1v) is 2.18. The fourth-order valence-electron chi connectivity index (χ4n) is 0.561. The number of rotatable bonds is 0. The van der Waals surface area contributed by atoms with E-state index in [2.05, 4.69) is 0 Å². The largest absolute Gasteiger partial charge is 0.389 e. The van der Waals surface area contributed by atoms with E-state index in [4.69, 9.17) is 5.11 Å². The van der Waals surface area contributed by atoms with Crippen molar-refractivity contribution < 1.29 is 54.0 Å². The summed E-state index contributed by atoms with van der Waals surface area (Å²) in [7, 11) is 0. The van der Waals surface area contributed by atoms with Gasteiger partial charge in [0.2, 0.25) is 0 Å². The van der Waals surface area contributed by atoms with Crippen LogP contribution >= 0.6 is 0 Å². The van der Waals surface area contributed by atoms with E-state index >= 15 is 0 Å². The number of hydrogen-bond donors (Lipinski definition) is 1. The van der Waals surface area contributed by atoms with Crippen LogP contribution in [-0.2, 0) is 4.79 Å². The molecule has 1 aliphatic carbocycles. The maximum Gasteiger partial charge on any atom is 0.158 e. The van der Waals surface area contributed by atoms with Gasteiger partial charge in [-0.3, -0.25) is 4.79 Å². The van der Waals surface area contributed by atoms with Gasteiger partial charge in [0, 0.05) is 50.5 Å². The molecule has 0 saturated carbocycles. The SMILES string of the molecule is O=C1C=C[C@H](O)C1.[Ac]. The maximum atomic E-state index is 10.2. The summed E-state index contributed by atoms with van der Waals surface area (Å²) in [5.41, 5.74) is 0. The number of carbonyl (C=O) groups excluding carboxylic acids is 1. The second-order valence-corrected chi connectivity index (χ2v) is 1.60. The molecule has 41 valence electrons. The van der Waals surface area contributed by atoms with Crippen molar-refractivity contribution in [2.75, 3.05) is 0 Å². The molecule has 1 atom stereocenters. The summed E-state index contributed by atoms with van der Waals surface area (Å²) in [4.78, 5) is 10.2. The maximum absolute atomic E-state index is 10.2. The second-order valence-electron chi connectivity index (χ2n) is 1.60.